The predicted octanol–water partition coefficient (Wildman–Crippen LogP) is -0.990. The van der Waals surface area contributed by atoms with Gasteiger partial charge in [-0.1, -0.05) is 0 Å². The molecule has 0 unspecified atom stereocenters. The summed E-state index contributed by atoms with van der Waals surface area (Å²) >= 11 is 0. The Bertz CT molecular complexity index is 381. The first-order valence-corrected chi connectivity index (χ1v) is 6.42. The summed E-state index contributed by atoms with van der Waals surface area (Å²) in [6.07, 6.45) is -1.16. The van der Waals surface area contributed by atoms with Crippen LogP contribution in [0, 0.1) is 0 Å². The maximum atomic E-state index is 11.7. The van der Waals surface area contributed by atoms with Crippen molar-refractivity contribution in [2.75, 3.05) is 33.4 Å². The molecule has 1 amide bonds. The highest BCUT2D eigenvalue weighted by Crippen LogP contribution is 1.98. The van der Waals surface area contributed by atoms with E-state index in [4.69, 9.17) is 5.11 Å². The van der Waals surface area contributed by atoms with Crippen molar-refractivity contribution in [3.05, 3.63) is 0 Å². The first-order chi connectivity index (χ1) is 8.33. The number of hydrogen-bond donors (Lipinski definition) is 2. The average Bonchev–Trinajstić information content (AvgIpc) is 2.23. The molecule has 9 nitrogen and oxygen atoms in total. The van der Waals surface area contributed by atoms with Crippen molar-refractivity contribution in [2.24, 2.45) is 0 Å². The second-order valence-corrected chi connectivity index (χ2v) is 4.72. The van der Waals surface area contributed by atoms with Crippen molar-refractivity contribution in [1.29, 1.82) is 0 Å². The SMILES string of the molecule is CCOC(=O)NS(=O)(=O)N(CCOC)CC(=O)O. The van der Waals surface area contributed by atoms with Crippen LogP contribution >= 0.6 is 0 Å². The zero-order chi connectivity index (χ0) is 14.2. The molecule has 0 fully saturated rings. The first kappa shape index (κ1) is 16.6. The van der Waals surface area contributed by atoms with Gasteiger partial charge in [-0.2, -0.15) is 12.7 Å². The van der Waals surface area contributed by atoms with Gasteiger partial charge in [-0.15, -0.1) is 0 Å². The minimum absolute atomic E-state index is 0.00163. The van der Waals surface area contributed by atoms with Crippen LogP contribution < -0.4 is 4.72 Å². The number of carbonyl (C=O) groups is 2. The Labute approximate surface area is 105 Å². The van der Waals surface area contributed by atoms with Crippen molar-refractivity contribution < 1.29 is 32.6 Å². The summed E-state index contributed by atoms with van der Waals surface area (Å²) in [5.41, 5.74) is 0. The van der Waals surface area contributed by atoms with E-state index in [1.54, 1.807) is 4.72 Å². The molecule has 0 heterocycles. The van der Waals surface area contributed by atoms with Gasteiger partial charge in [0, 0.05) is 13.7 Å². The first-order valence-electron chi connectivity index (χ1n) is 4.98. The van der Waals surface area contributed by atoms with Gasteiger partial charge < -0.3 is 14.6 Å². The number of rotatable bonds is 8. The van der Waals surface area contributed by atoms with Crippen LogP contribution in [0.1, 0.15) is 6.92 Å². The molecule has 18 heavy (non-hydrogen) atoms. The second-order valence-electron chi connectivity index (χ2n) is 3.05. The van der Waals surface area contributed by atoms with Crippen LogP contribution in [0.4, 0.5) is 4.79 Å². The highest BCUT2D eigenvalue weighted by atomic mass is 32.2. The zero-order valence-corrected chi connectivity index (χ0v) is 10.9. The topological polar surface area (TPSA) is 122 Å². The molecule has 106 valence electrons. The van der Waals surface area contributed by atoms with Crippen molar-refractivity contribution in [1.82, 2.24) is 9.03 Å². The lowest BCUT2D eigenvalue weighted by Crippen LogP contribution is -2.47. The van der Waals surface area contributed by atoms with Crippen molar-refractivity contribution in [2.45, 2.75) is 6.92 Å². The number of hydrogen-bond acceptors (Lipinski definition) is 6. The number of methoxy groups -OCH3 is 1. The Kier molecular flexibility index (Phi) is 7.24. The third-order valence-electron chi connectivity index (χ3n) is 1.68. The normalized spacial score (nSPS) is 11.3. The molecule has 0 rings (SSSR count). The summed E-state index contributed by atoms with van der Waals surface area (Å²) in [6.45, 7) is 0.525. The Morgan fingerprint density at radius 2 is 2.00 bits per heavy atom. The molecule has 0 radical (unpaired) electrons. The van der Waals surface area contributed by atoms with E-state index in [1.165, 1.54) is 14.0 Å². The van der Waals surface area contributed by atoms with E-state index in [-0.39, 0.29) is 19.8 Å². The van der Waals surface area contributed by atoms with Gasteiger partial charge in [-0.05, 0) is 6.92 Å². The van der Waals surface area contributed by atoms with Gasteiger partial charge in [0.2, 0.25) is 0 Å². The molecule has 0 aromatic rings. The van der Waals surface area contributed by atoms with Crippen molar-refractivity contribution >= 4 is 22.3 Å². The highest BCUT2D eigenvalue weighted by molar-refractivity contribution is 7.87. The molecule has 0 saturated carbocycles. The lowest BCUT2D eigenvalue weighted by atomic mass is 10.6. The fraction of sp³-hybridized carbons (Fsp3) is 0.750. The third kappa shape index (κ3) is 6.37. The van der Waals surface area contributed by atoms with Crippen LogP contribution in [0.2, 0.25) is 0 Å². The molecule has 0 spiro atoms. The average molecular weight is 284 g/mol. The van der Waals surface area contributed by atoms with Crippen molar-refractivity contribution in [3.63, 3.8) is 0 Å². The lowest BCUT2D eigenvalue weighted by molar-refractivity contribution is -0.137. The maximum absolute atomic E-state index is 11.7. The molecule has 2 N–H and O–H groups in total. The Morgan fingerprint density at radius 1 is 1.39 bits per heavy atom. The monoisotopic (exact) mass is 284 g/mol. The second kappa shape index (κ2) is 7.84. The molecule has 0 atom stereocenters. The number of aliphatic carboxylic acids is 1. The van der Waals surface area contributed by atoms with Crippen LogP contribution in [0.25, 0.3) is 0 Å². The number of ether oxygens (including phenoxy) is 2. The molecule has 0 aliphatic heterocycles. The molecule has 0 saturated heterocycles. The minimum Gasteiger partial charge on any atom is -0.480 e. The summed E-state index contributed by atoms with van der Waals surface area (Å²) in [5, 5.41) is 8.59. The molecule has 0 aliphatic rings. The Morgan fingerprint density at radius 3 is 2.44 bits per heavy atom. The van der Waals surface area contributed by atoms with Gasteiger partial charge in [-0.25, -0.2) is 9.52 Å². The van der Waals surface area contributed by atoms with Gasteiger partial charge in [0.1, 0.15) is 6.54 Å². The number of nitrogens with one attached hydrogen (secondary N) is 1. The van der Waals surface area contributed by atoms with Gasteiger partial charge in [0.05, 0.1) is 13.2 Å². The van der Waals surface area contributed by atoms with E-state index < -0.39 is 28.8 Å². The number of carbonyl (C=O) groups excluding carboxylic acids is 1. The number of nitrogens with zero attached hydrogens (tertiary/aromatic N) is 1. The molecule has 0 aromatic heterocycles. The van der Waals surface area contributed by atoms with Crippen LogP contribution in [-0.2, 0) is 24.5 Å². The van der Waals surface area contributed by atoms with Crippen molar-refractivity contribution in [3.8, 4) is 0 Å². The zero-order valence-electron chi connectivity index (χ0n) is 10.1. The number of carboxylic acids is 1. The molecule has 0 bridgehead atoms. The van der Waals surface area contributed by atoms with E-state index in [9.17, 15) is 18.0 Å². The molecular weight excluding hydrogens is 268 g/mol. The summed E-state index contributed by atoms with van der Waals surface area (Å²) in [7, 11) is -2.93. The van der Waals surface area contributed by atoms with Crippen LogP contribution in [0.3, 0.4) is 0 Å². The number of amides is 1. The molecule has 0 aromatic carbocycles. The van der Waals surface area contributed by atoms with Gasteiger partial charge >= 0.3 is 22.3 Å². The van der Waals surface area contributed by atoms with Gasteiger partial charge in [0.15, 0.2) is 0 Å². The maximum Gasteiger partial charge on any atom is 0.421 e. The number of carboxylic acid groups (broad SMARTS) is 1. The lowest BCUT2D eigenvalue weighted by Gasteiger charge is -2.19. The molecular formula is C8H16N2O7S. The van der Waals surface area contributed by atoms with E-state index in [0.717, 1.165) is 0 Å². The molecule has 0 aliphatic carbocycles. The standard InChI is InChI=1S/C8H16N2O7S/c1-3-17-8(13)9-18(14,15)10(4-5-16-2)6-7(11)12/h3-6H2,1-2H3,(H,9,13)(H,11,12). The fourth-order valence-electron chi connectivity index (χ4n) is 0.959. The minimum atomic E-state index is -4.26. The van der Waals surface area contributed by atoms with E-state index >= 15 is 0 Å². The van der Waals surface area contributed by atoms with E-state index in [2.05, 4.69) is 9.47 Å². The third-order valence-corrected chi connectivity index (χ3v) is 3.10. The Hall–Kier alpha value is -1.39. The largest absolute Gasteiger partial charge is 0.480 e. The van der Waals surface area contributed by atoms with Crippen LogP contribution in [-0.4, -0.2) is 63.3 Å². The van der Waals surface area contributed by atoms with E-state index in [0.29, 0.717) is 4.31 Å². The summed E-state index contributed by atoms with van der Waals surface area (Å²) in [5.74, 6) is -1.35. The summed E-state index contributed by atoms with van der Waals surface area (Å²) in [4.78, 5) is 21.5. The van der Waals surface area contributed by atoms with E-state index in [1.807, 2.05) is 0 Å². The Balaban J connectivity index is 4.73. The quantitative estimate of drug-likeness (QED) is 0.586. The molecule has 10 heteroatoms. The fourth-order valence-corrected chi connectivity index (χ4v) is 1.95. The summed E-state index contributed by atoms with van der Waals surface area (Å²) in [6, 6.07) is 0. The van der Waals surface area contributed by atoms with Crippen LogP contribution in [0.15, 0.2) is 0 Å². The summed E-state index contributed by atoms with van der Waals surface area (Å²) < 4.78 is 34.5. The predicted molar refractivity (Wildman–Crippen MR) is 60.2 cm³/mol. The van der Waals surface area contributed by atoms with Crippen LogP contribution in [0.5, 0.6) is 0 Å². The van der Waals surface area contributed by atoms with Gasteiger partial charge in [-0.3, -0.25) is 4.79 Å². The van der Waals surface area contributed by atoms with Gasteiger partial charge in [0.25, 0.3) is 0 Å². The smallest absolute Gasteiger partial charge is 0.421 e. The highest BCUT2D eigenvalue weighted by Gasteiger charge is 2.26.